The lowest BCUT2D eigenvalue weighted by Gasteiger charge is -2.46. The van der Waals surface area contributed by atoms with Crippen LogP contribution in [0.25, 0.3) is 0 Å². The first kappa shape index (κ1) is 8.48. The lowest BCUT2D eigenvalue weighted by Crippen LogP contribution is -2.43. The summed E-state index contributed by atoms with van der Waals surface area (Å²) in [7, 11) is 0. The number of rotatable bonds is 2. The van der Waals surface area contributed by atoms with Crippen LogP contribution in [0.4, 0.5) is 0 Å². The van der Waals surface area contributed by atoms with E-state index >= 15 is 0 Å². The number of aliphatic hydroxyl groups excluding tert-OH is 2. The summed E-state index contributed by atoms with van der Waals surface area (Å²) < 4.78 is 0. The highest BCUT2D eigenvalue weighted by Gasteiger charge is 2.50. The van der Waals surface area contributed by atoms with E-state index in [9.17, 15) is 0 Å². The van der Waals surface area contributed by atoms with Gasteiger partial charge in [0.25, 0.3) is 0 Å². The van der Waals surface area contributed by atoms with Gasteiger partial charge < -0.3 is 15.5 Å². The SMILES string of the molecule is OCC1CC2(CCC2CO)CN1. The summed E-state index contributed by atoms with van der Waals surface area (Å²) in [6.45, 7) is 1.54. The Hall–Kier alpha value is -0.120. The largest absolute Gasteiger partial charge is 0.396 e. The summed E-state index contributed by atoms with van der Waals surface area (Å²) in [4.78, 5) is 0. The van der Waals surface area contributed by atoms with Crippen molar-refractivity contribution in [2.24, 2.45) is 11.3 Å². The minimum atomic E-state index is 0.236. The van der Waals surface area contributed by atoms with Crippen molar-refractivity contribution in [3.05, 3.63) is 0 Å². The molecule has 1 saturated carbocycles. The van der Waals surface area contributed by atoms with Gasteiger partial charge in [-0.3, -0.25) is 0 Å². The quantitative estimate of drug-likeness (QED) is 0.536. The van der Waals surface area contributed by atoms with Gasteiger partial charge in [-0.2, -0.15) is 0 Å². The fraction of sp³-hybridized carbons (Fsp3) is 1.00. The van der Waals surface area contributed by atoms with E-state index in [0.29, 0.717) is 17.9 Å². The van der Waals surface area contributed by atoms with Crippen molar-refractivity contribution in [3.8, 4) is 0 Å². The van der Waals surface area contributed by atoms with E-state index in [1.165, 1.54) is 6.42 Å². The van der Waals surface area contributed by atoms with Crippen molar-refractivity contribution in [3.63, 3.8) is 0 Å². The zero-order chi connectivity index (χ0) is 8.60. The Balaban J connectivity index is 1.96. The molecular weight excluding hydrogens is 154 g/mol. The molecule has 0 aromatic heterocycles. The molecular formula is C9H17NO2. The van der Waals surface area contributed by atoms with Crippen molar-refractivity contribution in [2.45, 2.75) is 25.3 Å². The molecule has 0 bridgehead atoms. The second-order valence-electron chi connectivity index (χ2n) is 4.25. The molecule has 0 aromatic rings. The van der Waals surface area contributed by atoms with Gasteiger partial charge in [0, 0.05) is 19.2 Å². The third kappa shape index (κ3) is 1.08. The van der Waals surface area contributed by atoms with Gasteiger partial charge in [0.1, 0.15) is 0 Å². The molecule has 0 amide bonds. The van der Waals surface area contributed by atoms with Crippen LogP contribution in [0.5, 0.6) is 0 Å². The average Bonchev–Trinajstić information content (AvgIpc) is 2.49. The molecule has 1 aliphatic heterocycles. The molecule has 1 aliphatic carbocycles. The van der Waals surface area contributed by atoms with Crippen molar-refractivity contribution in [2.75, 3.05) is 19.8 Å². The van der Waals surface area contributed by atoms with Gasteiger partial charge in [0.2, 0.25) is 0 Å². The first-order valence-electron chi connectivity index (χ1n) is 4.76. The van der Waals surface area contributed by atoms with Gasteiger partial charge in [0.15, 0.2) is 0 Å². The predicted molar refractivity (Wildman–Crippen MR) is 45.7 cm³/mol. The average molecular weight is 171 g/mol. The van der Waals surface area contributed by atoms with E-state index in [1.54, 1.807) is 0 Å². The molecule has 3 unspecified atom stereocenters. The Morgan fingerprint density at radius 1 is 1.33 bits per heavy atom. The van der Waals surface area contributed by atoms with Gasteiger partial charge in [-0.25, -0.2) is 0 Å². The zero-order valence-electron chi connectivity index (χ0n) is 7.29. The summed E-state index contributed by atoms with van der Waals surface area (Å²) >= 11 is 0. The number of hydrogen-bond acceptors (Lipinski definition) is 3. The molecule has 1 spiro atoms. The van der Waals surface area contributed by atoms with Crippen LogP contribution in [0.15, 0.2) is 0 Å². The van der Waals surface area contributed by atoms with E-state index in [0.717, 1.165) is 19.4 Å². The maximum Gasteiger partial charge on any atom is 0.0584 e. The Labute approximate surface area is 72.8 Å². The molecule has 70 valence electrons. The van der Waals surface area contributed by atoms with Gasteiger partial charge >= 0.3 is 0 Å². The Bertz CT molecular complexity index is 172. The molecule has 0 radical (unpaired) electrons. The topological polar surface area (TPSA) is 52.5 Å². The minimum absolute atomic E-state index is 0.236. The molecule has 1 heterocycles. The molecule has 3 atom stereocenters. The zero-order valence-corrected chi connectivity index (χ0v) is 7.29. The molecule has 2 rings (SSSR count). The van der Waals surface area contributed by atoms with Crippen LogP contribution < -0.4 is 5.32 Å². The van der Waals surface area contributed by atoms with Crippen molar-refractivity contribution in [1.29, 1.82) is 0 Å². The second kappa shape index (κ2) is 2.98. The van der Waals surface area contributed by atoms with Crippen LogP contribution >= 0.6 is 0 Å². The van der Waals surface area contributed by atoms with E-state index in [4.69, 9.17) is 10.2 Å². The lowest BCUT2D eigenvalue weighted by atomic mass is 9.59. The highest BCUT2D eigenvalue weighted by Crippen LogP contribution is 2.51. The molecule has 12 heavy (non-hydrogen) atoms. The first-order valence-corrected chi connectivity index (χ1v) is 4.76. The molecule has 3 heteroatoms. The van der Waals surface area contributed by atoms with Crippen LogP contribution in [0.3, 0.4) is 0 Å². The molecule has 3 N–H and O–H groups in total. The minimum Gasteiger partial charge on any atom is -0.396 e. The summed E-state index contributed by atoms with van der Waals surface area (Å²) in [5, 5.41) is 21.3. The summed E-state index contributed by atoms with van der Waals surface area (Å²) in [6.07, 6.45) is 3.44. The van der Waals surface area contributed by atoms with Crippen molar-refractivity contribution in [1.82, 2.24) is 5.32 Å². The standard InChI is InChI=1S/C9H17NO2/c11-4-7-1-2-9(7)3-8(5-12)10-6-9/h7-8,10-12H,1-6H2. The summed E-state index contributed by atoms with van der Waals surface area (Å²) in [6, 6.07) is 0.277. The van der Waals surface area contributed by atoms with E-state index in [-0.39, 0.29) is 12.6 Å². The van der Waals surface area contributed by atoms with Crippen LogP contribution in [0, 0.1) is 11.3 Å². The number of hydrogen-bond donors (Lipinski definition) is 3. The van der Waals surface area contributed by atoms with Gasteiger partial charge in [0.05, 0.1) is 6.61 Å². The molecule has 1 saturated heterocycles. The molecule has 3 nitrogen and oxygen atoms in total. The predicted octanol–water partition coefficient (Wildman–Crippen LogP) is -0.271. The third-order valence-electron chi connectivity index (χ3n) is 3.69. The van der Waals surface area contributed by atoms with E-state index < -0.39 is 0 Å². The Morgan fingerprint density at radius 3 is 2.58 bits per heavy atom. The van der Waals surface area contributed by atoms with Crippen LogP contribution in [0.1, 0.15) is 19.3 Å². The maximum absolute atomic E-state index is 9.08. The Kier molecular flexibility index (Phi) is 2.10. The van der Waals surface area contributed by atoms with E-state index in [1.807, 2.05) is 0 Å². The highest BCUT2D eigenvalue weighted by atomic mass is 16.3. The first-order chi connectivity index (χ1) is 5.80. The third-order valence-corrected chi connectivity index (χ3v) is 3.69. The number of nitrogens with one attached hydrogen (secondary N) is 1. The lowest BCUT2D eigenvalue weighted by molar-refractivity contribution is 0.00246. The molecule has 0 aromatic carbocycles. The van der Waals surface area contributed by atoms with Gasteiger partial charge in [-0.15, -0.1) is 0 Å². The van der Waals surface area contributed by atoms with Crippen molar-refractivity contribution < 1.29 is 10.2 Å². The fourth-order valence-electron chi connectivity index (χ4n) is 2.65. The monoisotopic (exact) mass is 171 g/mol. The second-order valence-corrected chi connectivity index (χ2v) is 4.25. The van der Waals surface area contributed by atoms with Gasteiger partial charge in [-0.05, 0) is 30.6 Å². The van der Waals surface area contributed by atoms with Crippen LogP contribution in [0.2, 0.25) is 0 Å². The van der Waals surface area contributed by atoms with Crippen LogP contribution in [-0.4, -0.2) is 36.0 Å². The van der Waals surface area contributed by atoms with Crippen LogP contribution in [-0.2, 0) is 0 Å². The Morgan fingerprint density at radius 2 is 2.17 bits per heavy atom. The fourth-order valence-corrected chi connectivity index (χ4v) is 2.65. The summed E-state index contributed by atoms with van der Waals surface area (Å²) in [5.41, 5.74) is 0.335. The molecule has 2 aliphatic rings. The maximum atomic E-state index is 9.08. The normalized spacial score (nSPS) is 46.5. The van der Waals surface area contributed by atoms with E-state index in [2.05, 4.69) is 5.32 Å². The molecule has 2 fully saturated rings. The van der Waals surface area contributed by atoms with Gasteiger partial charge in [-0.1, -0.05) is 0 Å². The smallest absolute Gasteiger partial charge is 0.0584 e. The summed E-state index contributed by atoms with van der Waals surface area (Å²) in [5.74, 6) is 0.488. The van der Waals surface area contributed by atoms with Crippen molar-refractivity contribution >= 4 is 0 Å². The number of aliphatic hydroxyl groups is 2. The highest BCUT2D eigenvalue weighted by molar-refractivity contribution is 5.03.